The highest BCUT2D eigenvalue weighted by Gasteiger charge is 2.42. The van der Waals surface area contributed by atoms with Crippen LogP contribution < -0.4 is 16.0 Å². The number of anilines is 3. The summed E-state index contributed by atoms with van der Waals surface area (Å²) in [6.45, 7) is 4.23. The minimum Gasteiger partial charge on any atom is -0.385 e. The zero-order valence-corrected chi connectivity index (χ0v) is 17.4. The summed E-state index contributed by atoms with van der Waals surface area (Å²) < 4.78 is 0.330. The number of allylic oxidation sites excluding steroid dienone is 2. The standard InChI is InChI=1S/C21H25N5OS/c1-21(2)9-13-16(14(27)10-21)15(11-5-7-12(8-6-11)26(3)4)17-18(22)24-20(28)25-19(17)23-13/h5-8,15H,9-10H2,1-4H3,(H4,22,23,24,25,28)/t15-/m0/s1. The molecule has 0 bridgehead atoms. The Kier molecular flexibility index (Phi) is 4.30. The van der Waals surface area contributed by atoms with E-state index in [0.29, 0.717) is 22.8 Å². The number of nitrogens with zero attached hydrogens (tertiary/aromatic N) is 2. The highest BCUT2D eigenvalue weighted by Crippen LogP contribution is 2.49. The Bertz CT molecular complexity index is 1050. The molecule has 2 aliphatic rings. The van der Waals surface area contributed by atoms with Crippen molar-refractivity contribution < 1.29 is 4.79 Å². The van der Waals surface area contributed by atoms with Crippen LogP contribution in [-0.2, 0) is 4.79 Å². The molecule has 1 aromatic carbocycles. The molecule has 7 heteroatoms. The quantitative estimate of drug-likeness (QED) is 0.667. The lowest BCUT2D eigenvalue weighted by atomic mass is 9.69. The van der Waals surface area contributed by atoms with Crippen molar-refractivity contribution in [3.05, 3.63) is 51.4 Å². The van der Waals surface area contributed by atoms with Gasteiger partial charge in [0.05, 0.1) is 0 Å². The summed E-state index contributed by atoms with van der Waals surface area (Å²) in [6.07, 6.45) is 1.30. The number of carbonyl (C=O) groups is 1. The molecule has 0 saturated carbocycles. The predicted molar refractivity (Wildman–Crippen MR) is 115 cm³/mol. The van der Waals surface area contributed by atoms with Crippen molar-refractivity contribution in [1.29, 1.82) is 0 Å². The SMILES string of the molecule is CN(C)c1ccc([C@H]2C3=C(CC(C)(C)CC3=O)Nc3nc(=S)[nH]c(N)c32)cc1. The lowest BCUT2D eigenvalue weighted by Crippen LogP contribution is -2.34. The van der Waals surface area contributed by atoms with Crippen molar-refractivity contribution in [3.8, 4) is 0 Å². The summed E-state index contributed by atoms with van der Waals surface area (Å²) in [5, 5.41) is 3.37. The molecule has 0 amide bonds. The minimum absolute atomic E-state index is 0.0943. The molecule has 0 radical (unpaired) electrons. The number of nitrogens with two attached hydrogens (primary N) is 1. The molecule has 1 aromatic heterocycles. The number of nitrogens with one attached hydrogen (secondary N) is 2. The maximum absolute atomic E-state index is 13.2. The van der Waals surface area contributed by atoms with Crippen LogP contribution in [0.3, 0.4) is 0 Å². The van der Waals surface area contributed by atoms with Gasteiger partial charge in [0, 0.05) is 49.0 Å². The van der Waals surface area contributed by atoms with Gasteiger partial charge in [-0.05, 0) is 41.7 Å². The van der Waals surface area contributed by atoms with Gasteiger partial charge in [0.15, 0.2) is 10.6 Å². The third-order valence-corrected chi connectivity index (χ3v) is 5.70. The molecule has 0 unspecified atom stereocenters. The molecule has 0 fully saturated rings. The molecule has 0 spiro atoms. The van der Waals surface area contributed by atoms with Gasteiger partial charge >= 0.3 is 0 Å². The molecule has 1 atom stereocenters. The fourth-order valence-electron chi connectivity index (χ4n) is 4.25. The molecule has 1 aliphatic carbocycles. The van der Waals surface area contributed by atoms with Crippen LogP contribution in [0.2, 0.25) is 0 Å². The summed E-state index contributed by atoms with van der Waals surface area (Å²) in [5.41, 5.74) is 10.9. The van der Waals surface area contributed by atoms with E-state index in [1.54, 1.807) is 0 Å². The fraction of sp³-hybridized carbons (Fsp3) is 0.381. The van der Waals surface area contributed by atoms with E-state index in [-0.39, 0.29) is 17.1 Å². The van der Waals surface area contributed by atoms with Crippen LogP contribution in [0.15, 0.2) is 35.5 Å². The molecule has 0 saturated heterocycles. The Labute approximate surface area is 169 Å². The van der Waals surface area contributed by atoms with Gasteiger partial charge in [-0.15, -0.1) is 0 Å². The van der Waals surface area contributed by atoms with Crippen molar-refractivity contribution >= 4 is 35.3 Å². The first-order valence-corrected chi connectivity index (χ1v) is 9.77. The molecular weight excluding hydrogens is 370 g/mol. The second-order valence-corrected chi connectivity index (χ2v) is 8.98. The van der Waals surface area contributed by atoms with Gasteiger partial charge < -0.3 is 20.9 Å². The molecule has 28 heavy (non-hydrogen) atoms. The van der Waals surface area contributed by atoms with Crippen molar-refractivity contribution in [2.24, 2.45) is 5.41 Å². The van der Waals surface area contributed by atoms with E-state index in [4.69, 9.17) is 18.0 Å². The van der Waals surface area contributed by atoms with Gasteiger partial charge in [0.2, 0.25) is 0 Å². The molecule has 6 nitrogen and oxygen atoms in total. The topological polar surface area (TPSA) is 87.0 Å². The Balaban J connectivity index is 1.94. The second kappa shape index (κ2) is 6.44. The number of aromatic amines is 1. The number of rotatable bonds is 2. The maximum Gasteiger partial charge on any atom is 0.200 e. The maximum atomic E-state index is 13.2. The number of benzene rings is 1. The third-order valence-electron chi connectivity index (χ3n) is 5.51. The van der Waals surface area contributed by atoms with Crippen LogP contribution in [0.5, 0.6) is 0 Å². The molecule has 4 rings (SSSR count). The summed E-state index contributed by atoms with van der Waals surface area (Å²) in [5.74, 6) is 0.999. The minimum atomic E-state index is -0.259. The largest absolute Gasteiger partial charge is 0.385 e. The van der Waals surface area contributed by atoms with E-state index in [0.717, 1.165) is 34.5 Å². The first-order chi connectivity index (χ1) is 13.2. The lowest BCUT2D eigenvalue weighted by molar-refractivity contribution is -0.118. The predicted octanol–water partition coefficient (Wildman–Crippen LogP) is 3.99. The van der Waals surface area contributed by atoms with Crippen molar-refractivity contribution in [3.63, 3.8) is 0 Å². The second-order valence-electron chi connectivity index (χ2n) is 8.60. The highest BCUT2D eigenvalue weighted by molar-refractivity contribution is 7.71. The van der Waals surface area contributed by atoms with Gasteiger partial charge in [-0.1, -0.05) is 26.0 Å². The van der Waals surface area contributed by atoms with Crippen LogP contribution in [-0.4, -0.2) is 29.8 Å². The van der Waals surface area contributed by atoms with Crippen LogP contribution >= 0.6 is 12.2 Å². The van der Waals surface area contributed by atoms with E-state index in [9.17, 15) is 4.79 Å². The van der Waals surface area contributed by atoms with E-state index in [1.807, 2.05) is 19.0 Å². The number of nitrogen functional groups attached to an aromatic ring is 1. The van der Waals surface area contributed by atoms with Crippen LogP contribution in [0.25, 0.3) is 0 Å². The first-order valence-electron chi connectivity index (χ1n) is 9.36. The van der Waals surface area contributed by atoms with Crippen LogP contribution in [0.4, 0.5) is 17.3 Å². The summed E-state index contributed by atoms with van der Waals surface area (Å²) in [7, 11) is 4.01. The van der Waals surface area contributed by atoms with E-state index in [1.165, 1.54) is 0 Å². The number of hydrogen-bond acceptors (Lipinski definition) is 6. The Morgan fingerprint density at radius 1 is 1.21 bits per heavy atom. The number of H-pyrrole nitrogens is 1. The fourth-order valence-corrected chi connectivity index (χ4v) is 4.46. The molecular formula is C21H25N5OS. The van der Waals surface area contributed by atoms with Crippen molar-refractivity contribution in [2.75, 3.05) is 30.0 Å². The highest BCUT2D eigenvalue weighted by atomic mass is 32.1. The Morgan fingerprint density at radius 3 is 2.54 bits per heavy atom. The van der Waals surface area contributed by atoms with Gasteiger partial charge in [-0.2, -0.15) is 0 Å². The number of carbonyl (C=O) groups excluding carboxylic acids is 1. The first kappa shape index (κ1) is 18.7. The summed E-state index contributed by atoms with van der Waals surface area (Å²) >= 11 is 5.23. The number of fused-ring (bicyclic) bond motifs is 1. The van der Waals surface area contributed by atoms with E-state index in [2.05, 4.69) is 53.4 Å². The molecule has 2 heterocycles. The molecule has 1 aliphatic heterocycles. The molecule has 2 aromatic rings. The molecule has 146 valence electrons. The van der Waals surface area contributed by atoms with Gasteiger partial charge in [0.25, 0.3) is 0 Å². The zero-order valence-electron chi connectivity index (χ0n) is 16.6. The van der Waals surface area contributed by atoms with Crippen LogP contribution in [0.1, 0.15) is 43.7 Å². The number of hydrogen-bond donors (Lipinski definition) is 3. The van der Waals surface area contributed by atoms with Crippen molar-refractivity contribution in [2.45, 2.75) is 32.6 Å². The van der Waals surface area contributed by atoms with E-state index < -0.39 is 0 Å². The van der Waals surface area contributed by atoms with E-state index >= 15 is 0 Å². The van der Waals surface area contributed by atoms with Crippen molar-refractivity contribution in [1.82, 2.24) is 9.97 Å². The summed E-state index contributed by atoms with van der Waals surface area (Å²) in [6, 6.07) is 8.24. The molecule has 4 N–H and O–H groups in total. The smallest absolute Gasteiger partial charge is 0.200 e. The van der Waals surface area contributed by atoms with Gasteiger partial charge in [0.1, 0.15) is 11.6 Å². The number of ketones is 1. The zero-order chi connectivity index (χ0) is 20.2. The average molecular weight is 396 g/mol. The third kappa shape index (κ3) is 3.09. The lowest BCUT2D eigenvalue weighted by Gasteiger charge is -2.39. The van der Waals surface area contributed by atoms with Gasteiger partial charge in [-0.25, -0.2) is 4.98 Å². The number of aromatic nitrogens is 2. The van der Waals surface area contributed by atoms with Crippen LogP contribution in [0, 0.1) is 10.2 Å². The normalized spacial score (nSPS) is 20.3. The number of Topliss-reactive ketones (excluding diaryl/α,β-unsaturated/α-hetero) is 1. The van der Waals surface area contributed by atoms with Gasteiger partial charge in [-0.3, -0.25) is 4.79 Å². The monoisotopic (exact) mass is 395 g/mol. The Hall–Kier alpha value is -2.67. The average Bonchev–Trinajstić information content (AvgIpc) is 2.58. The Morgan fingerprint density at radius 2 is 1.89 bits per heavy atom. The summed E-state index contributed by atoms with van der Waals surface area (Å²) in [4.78, 5) is 22.7.